The molecule has 0 heterocycles. The zero-order valence-corrected chi connectivity index (χ0v) is 12.6. The molecular formula is C17H25NO2. The van der Waals surface area contributed by atoms with Crippen LogP contribution in [-0.4, -0.2) is 35.6 Å². The smallest absolute Gasteiger partial charge is 0.230 e. The van der Waals surface area contributed by atoms with Gasteiger partial charge in [0.2, 0.25) is 5.91 Å². The van der Waals surface area contributed by atoms with Gasteiger partial charge in [0.05, 0.1) is 12.0 Å². The number of hydrogen-bond donors (Lipinski definition) is 1. The molecule has 1 fully saturated rings. The summed E-state index contributed by atoms with van der Waals surface area (Å²) in [4.78, 5) is 14.4. The van der Waals surface area contributed by atoms with Crippen molar-refractivity contribution >= 4 is 5.91 Å². The molecule has 1 aromatic rings. The average Bonchev–Trinajstić information content (AvgIpc) is 3.23. The summed E-state index contributed by atoms with van der Waals surface area (Å²) in [7, 11) is 1.80. The minimum absolute atomic E-state index is 0.103. The third kappa shape index (κ3) is 3.60. The van der Waals surface area contributed by atoms with Crippen LogP contribution in [0.2, 0.25) is 0 Å². The lowest BCUT2D eigenvalue weighted by Gasteiger charge is -2.28. The third-order valence-corrected chi connectivity index (χ3v) is 4.09. The third-order valence-electron chi connectivity index (χ3n) is 4.09. The Hall–Kier alpha value is -1.35. The first-order chi connectivity index (χ1) is 9.50. The highest BCUT2D eigenvalue weighted by molar-refractivity contribution is 5.83. The van der Waals surface area contributed by atoms with Crippen LogP contribution in [0, 0.1) is 11.8 Å². The molecule has 1 N–H and O–H groups in total. The molecule has 110 valence electrons. The van der Waals surface area contributed by atoms with E-state index in [1.807, 2.05) is 30.3 Å². The molecule has 0 aromatic heterocycles. The number of rotatable bonds is 6. The van der Waals surface area contributed by atoms with Crippen molar-refractivity contribution in [2.24, 2.45) is 11.8 Å². The Morgan fingerprint density at radius 3 is 2.40 bits per heavy atom. The fourth-order valence-electron chi connectivity index (χ4n) is 2.71. The van der Waals surface area contributed by atoms with E-state index in [0.29, 0.717) is 12.5 Å². The first kappa shape index (κ1) is 15.0. The highest BCUT2D eigenvalue weighted by Gasteiger charge is 2.33. The van der Waals surface area contributed by atoms with Gasteiger partial charge in [-0.3, -0.25) is 4.79 Å². The van der Waals surface area contributed by atoms with E-state index in [9.17, 15) is 9.90 Å². The SMILES string of the molecule is CC(C)C(C(=O)N(C)CC(O)C1CC1)c1ccccc1. The summed E-state index contributed by atoms with van der Waals surface area (Å²) in [6, 6.07) is 9.92. The van der Waals surface area contributed by atoms with E-state index < -0.39 is 0 Å². The molecule has 0 radical (unpaired) electrons. The summed E-state index contributed by atoms with van der Waals surface area (Å²) in [6.07, 6.45) is 1.82. The monoisotopic (exact) mass is 275 g/mol. The number of benzene rings is 1. The van der Waals surface area contributed by atoms with Crippen LogP contribution in [0.1, 0.15) is 38.2 Å². The topological polar surface area (TPSA) is 40.5 Å². The lowest BCUT2D eigenvalue weighted by atomic mass is 9.87. The second kappa shape index (κ2) is 6.40. The maximum Gasteiger partial charge on any atom is 0.230 e. The van der Waals surface area contributed by atoms with Crippen LogP contribution >= 0.6 is 0 Å². The molecule has 2 rings (SSSR count). The molecule has 1 aliphatic carbocycles. The molecular weight excluding hydrogens is 250 g/mol. The number of likely N-dealkylation sites (N-methyl/N-ethyl adjacent to an activating group) is 1. The predicted octanol–water partition coefficient (Wildman–Crippen LogP) is 2.66. The number of aliphatic hydroxyl groups excluding tert-OH is 1. The molecule has 3 heteroatoms. The number of hydrogen-bond acceptors (Lipinski definition) is 2. The van der Waals surface area contributed by atoms with E-state index in [0.717, 1.165) is 18.4 Å². The van der Waals surface area contributed by atoms with Gasteiger partial charge >= 0.3 is 0 Å². The first-order valence-corrected chi connectivity index (χ1v) is 7.48. The van der Waals surface area contributed by atoms with Crippen molar-refractivity contribution in [2.75, 3.05) is 13.6 Å². The van der Waals surface area contributed by atoms with Crippen molar-refractivity contribution in [1.29, 1.82) is 0 Å². The van der Waals surface area contributed by atoms with Crippen molar-refractivity contribution in [3.8, 4) is 0 Å². The highest BCUT2D eigenvalue weighted by Crippen LogP contribution is 2.33. The summed E-state index contributed by atoms with van der Waals surface area (Å²) in [5, 5.41) is 10.0. The first-order valence-electron chi connectivity index (χ1n) is 7.48. The van der Waals surface area contributed by atoms with E-state index >= 15 is 0 Å². The zero-order valence-electron chi connectivity index (χ0n) is 12.6. The second-order valence-electron chi connectivity index (χ2n) is 6.26. The number of nitrogens with zero attached hydrogens (tertiary/aromatic N) is 1. The van der Waals surface area contributed by atoms with Gasteiger partial charge in [-0.15, -0.1) is 0 Å². The highest BCUT2D eigenvalue weighted by atomic mass is 16.3. The minimum atomic E-state index is -0.368. The van der Waals surface area contributed by atoms with Crippen LogP contribution in [0.5, 0.6) is 0 Å². The van der Waals surface area contributed by atoms with Gasteiger partial charge in [-0.25, -0.2) is 0 Å². The van der Waals surface area contributed by atoms with Gasteiger partial charge in [-0.05, 0) is 30.2 Å². The summed E-state index contributed by atoms with van der Waals surface area (Å²) in [5.41, 5.74) is 1.06. The minimum Gasteiger partial charge on any atom is -0.391 e. The van der Waals surface area contributed by atoms with Crippen molar-refractivity contribution in [3.63, 3.8) is 0 Å². The summed E-state index contributed by atoms with van der Waals surface area (Å²) < 4.78 is 0. The van der Waals surface area contributed by atoms with Gasteiger partial charge in [-0.2, -0.15) is 0 Å². The Kier molecular flexibility index (Phi) is 4.81. The van der Waals surface area contributed by atoms with E-state index in [4.69, 9.17) is 0 Å². The van der Waals surface area contributed by atoms with Crippen molar-refractivity contribution in [2.45, 2.75) is 38.7 Å². The molecule has 2 atom stereocenters. The molecule has 1 aromatic carbocycles. The summed E-state index contributed by atoms with van der Waals surface area (Å²) in [5.74, 6) is 0.614. The van der Waals surface area contributed by atoms with Gasteiger partial charge in [0.25, 0.3) is 0 Å². The number of carbonyl (C=O) groups excluding carboxylic acids is 1. The molecule has 1 saturated carbocycles. The van der Waals surface area contributed by atoms with Crippen LogP contribution in [0.3, 0.4) is 0 Å². The van der Waals surface area contributed by atoms with E-state index in [-0.39, 0.29) is 23.8 Å². The van der Waals surface area contributed by atoms with Gasteiger partial charge in [0.15, 0.2) is 0 Å². The number of aliphatic hydroxyl groups is 1. The van der Waals surface area contributed by atoms with Gasteiger partial charge in [0.1, 0.15) is 0 Å². The van der Waals surface area contributed by atoms with Crippen molar-refractivity contribution in [3.05, 3.63) is 35.9 Å². The molecule has 1 amide bonds. The van der Waals surface area contributed by atoms with E-state index in [1.165, 1.54) is 0 Å². The lowest BCUT2D eigenvalue weighted by Crippen LogP contribution is -2.39. The van der Waals surface area contributed by atoms with Crippen molar-refractivity contribution in [1.82, 2.24) is 4.90 Å². The lowest BCUT2D eigenvalue weighted by molar-refractivity contribution is -0.134. The molecule has 0 aliphatic heterocycles. The van der Waals surface area contributed by atoms with Gasteiger partial charge in [-0.1, -0.05) is 44.2 Å². The molecule has 20 heavy (non-hydrogen) atoms. The van der Waals surface area contributed by atoms with Crippen LogP contribution in [0.25, 0.3) is 0 Å². The summed E-state index contributed by atoms with van der Waals surface area (Å²) in [6.45, 7) is 4.58. The maximum atomic E-state index is 12.7. The Morgan fingerprint density at radius 2 is 1.90 bits per heavy atom. The van der Waals surface area contributed by atoms with Crippen LogP contribution in [0.4, 0.5) is 0 Å². The van der Waals surface area contributed by atoms with Crippen LogP contribution in [-0.2, 0) is 4.79 Å². The van der Waals surface area contributed by atoms with Crippen LogP contribution in [0.15, 0.2) is 30.3 Å². The summed E-state index contributed by atoms with van der Waals surface area (Å²) >= 11 is 0. The molecule has 2 unspecified atom stereocenters. The normalized spacial score (nSPS) is 17.9. The largest absolute Gasteiger partial charge is 0.391 e. The quantitative estimate of drug-likeness (QED) is 0.867. The van der Waals surface area contributed by atoms with E-state index in [2.05, 4.69) is 13.8 Å². The Labute approximate surface area is 121 Å². The predicted molar refractivity (Wildman–Crippen MR) is 80.4 cm³/mol. The molecule has 3 nitrogen and oxygen atoms in total. The fourth-order valence-corrected chi connectivity index (χ4v) is 2.71. The van der Waals surface area contributed by atoms with Gasteiger partial charge < -0.3 is 10.0 Å². The number of amides is 1. The Bertz CT molecular complexity index is 440. The van der Waals surface area contributed by atoms with Gasteiger partial charge in [0, 0.05) is 13.6 Å². The fraction of sp³-hybridized carbons (Fsp3) is 0.588. The van der Waals surface area contributed by atoms with Crippen molar-refractivity contribution < 1.29 is 9.90 Å². The molecule has 1 aliphatic rings. The standard InChI is InChI=1S/C17H25NO2/c1-12(2)16(14-7-5-4-6-8-14)17(20)18(3)11-15(19)13-9-10-13/h4-8,12-13,15-16,19H,9-11H2,1-3H3. The zero-order chi connectivity index (χ0) is 14.7. The number of carbonyl (C=O) groups is 1. The second-order valence-corrected chi connectivity index (χ2v) is 6.26. The Balaban J connectivity index is 2.06. The maximum absolute atomic E-state index is 12.7. The molecule has 0 bridgehead atoms. The van der Waals surface area contributed by atoms with Crippen LogP contribution < -0.4 is 0 Å². The molecule has 0 saturated heterocycles. The average molecular weight is 275 g/mol. The molecule has 0 spiro atoms. The van der Waals surface area contributed by atoms with E-state index in [1.54, 1.807) is 11.9 Å². The Morgan fingerprint density at radius 1 is 1.30 bits per heavy atom.